The largest absolute Gasteiger partial charge is 0.365 e. The van der Waals surface area contributed by atoms with Crippen molar-refractivity contribution in [2.24, 2.45) is 4.99 Å². The molecule has 0 radical (unpaired) electrons. The molecule has 0 fully saturated rings. The van der Waals surface area contributed by atoms with Gasteiger partial charge in [0.25, 0.3) is 0 Å². The second kappa shape index (κ2) is 12.6. The Morgan fingerprint density at radius 1 is 1.09 bits per heavy atom. The molecule has 174 valence electrons. The second-order valence-electron chi connectivity index (χ2n) is 8.60. The van der Waals surface area contributed by atoms with E-state index in [2.05, 4.69) is 110 Å². The monoisotopic (exact) mass is 448 g/mol. The molecule has 0 aliphatic carbocycles. The van der Waals surface area contributed by atoms with Gasteiger partial charge in [-0.05, 0) is 91.8 Å². The molecule has 3 aromatic rings. The van der Waals surface area contributed by atoms with Gasteiger partial charge >= 0.3 is 0 Å². The van der Waals surface area contributed by atoms with E-state index in [0.717, 1.165) is 30.4 Å². The van der Waals surface area contributed by atoms with Crippen LogP contribution in [-0.4, -0.2) is 11.2 Å². The van der Waals surface area contributed by atoms with Crippen LogP contribution in [0.3, 0.4) is 0 Å². The number of rotatable bonds is 11. The first-order chi connectivity index (χ1) is 16.5. The predicted octanol–water partition coefficient (Wildman–Crippen LogP) is 8.38. The molecule has 0 spiro atoms. The fourth-order valence-corrected chi connectivity index (χ4v) is 4.09. The van der Waals surface area contributed by atoms with Crippen LogP contribution < -0.4 is 0 Å². The van der Waals surface area contributed by atoms with Crippen molar-refractivity contribution >= 4 is 11.8 Å². The van der Waals surface area contributed by atoms with Crippen LogP contribution in [-0.2, 0) is 12.8 Å². The molecule has 2 aromatic carbocycles. The number of hydrogen-bond donors (Lipinski definition) is 1. The highest BCUT2D eigenvalue weighted by Crippen LogP contribution is 2.26. The minimum atomic E-state index is -0.0287. The van der Waals surface area contributed by atoms with E-state index in [4.69, 9.17) is 0 Å². The van der Waals surface area contributed by atoms with Gasteiger partial charge in [0.15, 0.2) is 0 Å². The Balaban J connectivity index is 1.73. The number of aliphatic imine (C=N–C) groups is 1. The minimum Gasteiger partial charge on any atom is -0.365 e. The van der Waals surface area contributed by atoms with E-state index in [1.54, 1.807) is 0 Å². The quantitative estimate of drug-likeness (QED) is 0.173. The molecule has 0 saturated heterocycles. The first-order valence-electron chi connectivity index (χ1n) is 12.0. The van der Waals surface area contributed by atoms with Gasteiger partial charge in [-0.1, -0.05) is 78.9 Å². The molecule has 1 atom stereocenters. The Morgan fingerprint density at radius 3 is 2.59 bits per heavy atom. The molecule has 0 aliphatic heterocycles. The summed E-state index contributed by atoms with van der Waals surface area (Å²) in [6.07, 6.45) is 15.1. The van der Waals surface area contributed by atoms with Gasteiger partial charge in [-0.25, -0.2) is 0 Å². The van der Waals surface area contributed by atoms with E-state index in [0.29, 0.717) is 0 Å². The maximum Gasteiger partial charge on any atom is 0.0923 e. The molecule has 1 N–H and O–H groups in total. The first kappa shape index (κ1) is 25.0. The third-order valence-electron chi connectivity index (χ3n) is 6.09. The predicted molar refractivity (Wildman–Crippen MR) is 149 cm³/mol. The third kappa shape index (κ3) is 6.68. The van der Waals surface area contributed by atoms with Gasteiger partial charge in [-0.3, -0.25) is 4.99 Å². The molecule has 2 heteroatoms. The third-order valence-corrected chi connectivity index (χ3v) is 6.09. The number of aryl methyl sites for hydroxylation is 2. The van der Waals surface area contributed by atoms with Crippen molar-refractivity contribution in [3.8, 4) is 0 Å². The lowest BCUT2D eigenvalue weighted by Crippen LogP contribution is -1.95. The molecule has 0 saturated carbocycles. The van der Waals surface area contributed by atoms with Gasteiger partial charge in [-0.2, -0.15) is 0 Å². The number of hydrogen-bond acceptors (Lipinski definition) is 1. The minimum absolute atomic E-state index is 0.0287. The van der Waals surface area contributed by atoms with E-state index < -0.39 is 0 Å². The zero-order valence-corrected chi connectivity index (χ0v) is 20.7. The summed E-state index contributed by atoms with van der Waals surface area (Å²) in [6, 6.07) is 19.5. The van der Waals surface area contributed by atoms with Gasteiger partial charge in [0.05, 0.1) is 6.04 Å². The summed E-state index contributed by atoms with van der Waals surface area (Å²) >= 11 is 0. The van der Waals surface area contributed by atoms with Crippen molar-refractivity contribution in [3.05, 3.63) is 137 Å². The molecule has 1 heterocycles. The summed E-state index contributed by atoms with van der Waals surface area (Å²) in [5, 5.41) is 0. The maximum absolute atomic E-state index is 4.52. The van der Waals surface area contributed by atoms with Crippen molar-refractivity contribution in [2.75, 3.05) is 0 Å². The summed E-state index contributed by atoms with van der Waals surface area (Å²) in [6.45, 7) is 14.1. The Hall–Kier alpha value is -3.65. The number of nitrogens with zero attached hydrogens (tertiary/aromatic N) is 1. The summed E-state index contributed by atoms with van der Waals surface area (Å²) in [4.78, 5) is 7.97. The normalized spacial score (nSPS) is 13.3. The van der Waals surface area contributed by atoms with Crippen LogP contribution in [0.2, 0.25) is 0 Å². The Morgan fingerprint density at radius 2 is 1.88 bits per heavy atom. The topological polar surface area (TPSA) is 28.1 Å². The molecule has 3 rings (SSSR count). The lowest BCUT2D eigenvalue weighted by Gasteiger charge is -2.12. The van der Waals surface area contributed by atoms with Gasteiger partial charge in [-0.15, -0.1) is 6.58 Å². The standard InChI is InChI=1S/C32H36N2/c1-6-25(5)30(27-12-11-13-28(23-27)31(7-2)33-8-3)14-9-10-15-32-29(20-21-34-32)22-26-18-16-24(4)17-19-26/h6-9,11-14,16-21,23,31,34H,1-2,10,15,22H2,3-5H3/b14-9-,30-25-,33-8?. The average Bonchev–Trinajstić information content (AvgIpc) is 3.30. The van der Waals surface area contributed by atoms with Crippen LogP contribution in [0.25, 0.3) is 5.57 Å². The number of aromatic amines is 1. The molecular formula is C32H36N2. The van der Waals surface area contributed by atoms with Crippen molar-refractivity contribution in [2.45, 2.75) is 46.1 Å². The molecule has 0 bridgehead atoms. The first-order valence-corrected chi connectivity index (χ1v) is 12.0. The maximum atomic E-state index is 4.52. The summed E-state index contributed by atoms with van der Waals surface area (Å²) in [5.74, 6) is 0. The number of H-pyrrole nitrogens is 1. The van der Waals surface area contributed by atoms with Crippen LogP contribution >= 0.6 is 0 Å². The molecule has 2 nitrogen and oxygen atoms in total. The highest BCUT2D eigenvalue weighted by molar-refractivity contribution is 5.78. The van der Waals surface area contributed by atoms with E-state index in [-0.39, 0.29) is 6.04 Å². The highest BCUT2D eigenvalue weighted by Gasteiger charge is 2.08. The van der Waals surface area contributed by atoms with Crippen molar-refractivity contribution in [1.82, 2.24) is 4.98 Å². The van der Waals surface area contributed by atoms with Crippen LogP contribution in [0.1, 0.15) is 59.8 Å². The lowest BCUT2D eigenvalue weighted by atomic mass is 9.95. The lowest BCUT2D eigenvalue weighted by molar-refractivity contribution is 0.919. The molecule has 0 aliphatic rings. The molecule has 1 unspecified atom stereocenters. The van der Waals surface area contributed by atoms with Crippen LogP contribution in [0, 0.1) is 6.92 Å². The van der Waals surface area contributed by atoms with Crippen LogP contribution in [0.4, 0.5) is 0 Å². The zero-order valence-electron chi connectivity index (χ0n) is 20.7. The molecular weight excluding hydrogens is 412 g/mol. The number of aromatic nitrogens is 1. The van der Waals surface area contributed by atoms with E-state index in [1.807, 2.05) is 25.3 Å². The average molecular weight is 449 g/mol. The molecule has 0 amide bonds. The van der Waals surface area contributed by atoms with Crippen molar-refractivity contribution in [3.63, 3.8) is 0 Å². The van der Waals surface area contributed by atoms with Gasteiger partial charge in [0.1, 0.15) is 0 Å². The Labute approximate surface area is 205 Å². The Bertz CT molecular complexity index is 1190. The smallest absolute Gasteiger partial charge is 0.0923 e. The van der Waals surface area contributed by atoms with Crippen LogP contribution in [0.5, 0.6) is 0 Å². The number of benzene rings is 2. The number of allylic oxidation sites excluding steroid dienone is 5. The van der Waals surface area contributed by atoms with E-state index >= 15 is 0 Å². The number of nitrogens with one attached hydrogen (secondary N) is 1. The Kier molecular flexibility index (Phi) is 9.22. The summed E-state index contributed by atoms with van der Waals surface area (Å²) in [5.41, 5.74) is 9.97. The fraction of sp³-hybridized carbons (Fsp3) is 0.219. The highest BCUT2D eigenvalue weighted by atomic mass is 14.8. The SMILES string of the molecule is C=C/C(C)=C(/C=C\CCc1[nH]ccc1Cc1ccc(C)cc1)c1cccc(C(C=C)N=CC)c1. The zero-order chi connectivity index (χ0) is 24.3. The molecule has 1 aromatic heterocycles. The van der Waals surface area contributed by atoms with E-state index in [9.17, 15) is 0 Å². The van der Waals surface area contributed by atoms with Gasteiger partial charge in [0, 0.05) is 11.9 Å². The van der Waals surface area contributed by atoms with Crippen LogP contribution in [0.15, 0.2) is 109 Å². The van der Waals surface area contributed by atoms with Gasteiger partial charge in [0.2, 0.25) is 0 Å². The fourth-order valence-electron chi connectivity index (χ4n) is 4.09. The van der Waals surface area contributed by atoms with Crippen molar-refractivity contribution < 1.29 is 0 Å². The molecule has 34 heavy (non-hydrogen) atoms. The summed E-state index contributed by atoms with van der Waals surface area (Å²) in [7, 11) is 0. The van der Waals surface area contributed by atoms with E-state index in [1.165, 1.54) is 33.5 Å². The second-order valence-corrected chi connectivity index (χ2v) is 8.60. The van der Waals surface area contributed by atoms with Gasteiger partial charge < -0.3 is 4.98 Å². The van der Waals surface area contributed by atoms with Crippen molar-refractivity contribution in [1.29, 1.82) is 0 Å². The summed E-state index contributed by atoms with van der Waals surface area (Å²) < 4.78 is 0.